The first-order chi connectivity index (χ1) is 7.34. The van der Waals surface area contributed by atoms with E-state index >= 15 is 0 Å². The number of rotatable bonds is 3. The average molecular weight is 207 g/mol. The molecule has 2 heterocycles. The van der Waals surface area contributed by atoms with Crippen LogP contribution in [0.4, 0.5) is 0 Å². The maximum atomic E-state index is 4.33. The van der Waals surface area contributed by atoms with Gasteiger partial charge in [-0.05, 0) is 18.9 Å². The van der Waals surface area contributed by atoms with Crippen molar-refractivity contribution in [2.75, 3.05) is 19.6 Å². The Bertz CT molecular complexity index is 341. The van der Waals surface area contributed by atoms with Crippen LogP contribution in [-0.2, 0) is 6.54 Å². The molecular weight excluding hydrogens is 190 g/mol. The summed E-state index contributed by atoms with van der Waals surface area (Å²) in [7, 11) is 0. The third-order valence-electron chi connectivity index (χ3n) is 2.29. The standard InChI is InChI=1S/C10H17N5/c1-9-7-14-15(8-9)6-5-13-10-11-3-2-4-12-10/h7-8H,2-6H2,1H3,(H2,11,12,13). The number of aromatic nitrogens is 2. The first kappa shape index (κ1) is 10.0. The lowest BCUT2D eigenvalue weighted by molar-refractivity contribution is 0.591. The molecule has 82 valence electrons. The van der Waals surface area contributed by atoms with E-state index in [-0.39, 0.29) is 0 Å². The second-order valence-electron chi connectivity index (χ2n) is 3.72. The van der Waals surface area contributed by atoms with Crippen LogP contribution >= 0.6 is 0 Å². The molecule has 0 spiro atoms. The van der Waals surface area contributed by atoms with Gasteiger partial charge in [0.15, 0.2) is 5.96 Å². The summed E-state index contributed by atoms with van der Waals surface area (Å²) < 4.78 is 1.94. The summed E-state index contributed by atoms with van der Waals surface area (Å²) in [5.74, 6) is 0.921. The lowest BCUT2D eigenvalue weighted by Crippen LogP contribution is -2.41. The summed E-state index contributed by atoms with van der Waals surface area (Å²) >= 11 is 0. The lowest BCUT2D eigenvalue weighted by Gasteiger charge is -2.15. The van der Waals surface area contributed by atoms with Gasteiger partial charge in [-0.2, -0.15) is 5.10 Å². The van der Waals surface area contributed by atoms with Crippen LogP contribution in [0.3, 0.4) is 0 Å². The largest absolute Gasteiger partial charge is 0.356 e. The van der Waals surface area contributed by atoms with Gasteiger partial charge < -0.3 is 10.6 Å². The van der Waals surface area contributed by atoms with E-state index in [2.05, 4.69) is 20.7 Å². The van der Waals surface area contributed by atoms with Gasteiger partial charge in [-0.25, -0.2) is 0 Å². The maximum Gasteiger partial charge on any atom is 0.191 e. The molecule has 0 unspecified atom stereocenters. The van der Waals surface area contributed by atoms with E-state index < -0.39 is 0 Å². The summed E-state index contributed by atoms with van der Waals surface area (Å²) in [5, 5.41) is 10.7. The number of guanidine groups is 1. The first-order valence-electron chi connectivity index (χ1n) is 5.36. The molecule has 1 aromatic rings. The molecule has 15 heavy (non-hydrogen) atoms. The summed E-state index contributed by atoms with van der Waals surface area (Å²) in [4.78, 5) is 4.33. The molecule has 0 atom stereocenters. The van der Waals surface area contributed by atoms with E-state index in [1.165, 1.54) is 5.56 Å². The summed E-state index contributed by atoms with van der Waals surface area (Å²) in [6.45, 7) is 5.72. The molecule has 0 amide bonds. The molecule has 0 fully saturated rings. The molecule has 5 heteroatoms. The van der Waals surface area contributed by atoms with Crippen LogP contribution in [0.5, 0.6) is 0 Å². The average Bonchev–Trinajstić information content (AvgIpc) is 2.66. The van der Waals surface area contributed by atoms with Crippen LogP contribution in [0.1, 0.15) is 12.0 Å². The molecule has 5 nitrogen and oxygen atoms in total. The maximum absolute atomic E-state index is 4.33. The predicted molar refractivity (Wildman–Crippen MR) is 59.9 cm³/mol. The monoisotopic (exact) mass is 207 g/mol. The van der Waals surface area contributed by atoms with Gasteiger partial charge in [0.1, 0.15) is 0 Å². The normalized spacial score (nSPS) is 15.7. The fourth-order valence-corrected chi connectivity index (χ4v) is 1.53. The Hall–Kier alpha value is -1.52. The van der Waals surface area contributed by atoms with Gasteiger partial charge in [0.05, 0.1) is 12.7 Å². The number of aryl methyl sites for hydroxylation is 1. The van der Waals surface area contributed by atoms with Crippen LogP contribution in [0.15, 0.2) is 17.4 Å². The third kappa shape index (κ3) is 2.97. The van der Waals surface area contributed by atoms with Crippen molar-refractivity contribution in [3.63, 3.8) is 0 Å². The zero-order valence-electron chi connectivity index (χ0n) is 9.03. The Balaban J connectivity index is 1.72. The molecule has 1 aliphatic heterocycles. The van der Waals surface area contributed by atoms with Crippen molar-refractivity contribution in [1.82, 2.24) is 20.4 Å². The number of hydrogen-bond acceptors (Lipinski definition) is 4. The third-order valence-corrected chi connectivity index (χ3v) is 2.29. The quantitative estimate of drug-likeness (QED) is 0.741. The molecule has 0 saturated carbocycles. The molecule has 0 aliphatic carbocycles. The highest BCUT2D eigenvalue weighted by molar-refractivity contribution is 5.80. The zero-order chi connectivity index (χ0) is 10.5. The van der Waals surface area contributed by atoms with E-state index in [4.69, 9.17) is 0 Å². The minimum atomic E-state index is 0.854. The van der Waals surface area contributed by atoms with E-state index in [0.717, 1.165) is 38.6 Å². The van der Waals surface area contributed by atoms with Crippen LogP contribution in [-0.4, -0.2) is 35.4 Å². The van der Waals surface area contributed by atoms with E-state index in [1.807, 2.05) is 24.0 Å². The van der Waals surface area contributed by atoms with Crippen molar-refractivity contribution in [2.24, 2.45) is 4.99 Å². The van der Waals surface area contributed by atoms with Crippen LogP contribution in [0.2, 0.25) is 0 Å². The first-order valence-corrected chi connectivity index (χ1v) is 5.36. The predicted octanol–water partition coefficient (Wildman–Crippen LogP) is 0.130. The Morgan fingerprint density at radius 3 is 3.20 bits per heavy atom. The van der Waals surface area contributed by atoms with Gasteiger partial charge in [0.25, 0.3) is 0 Å². The molecule has 1 aromatic heterocycles. The van der Waals surface area contributed by atoms with E-state index in [0.29, 0.717) is 0 Å². The molecular formula is C10H17N5. The van der Waals surface area contributed by atoms with Crippen LogP contribution in [0.25, 0.3) is 0 Å². The zero-order valence-corrected chi connectivity index (χ0v) is 9.03. The summed E-state index contributed by atoms with van der Waals surface area (Å²) in [5.41, 5.74) is 1.20. The number of nitrogens with one attached hydrogen (secondary N) is 2. The lowest BCUT2D eigenvalue weighted by atomic mass is 10.4. The molecule has 0 bridgehead atoms. The van der Waals surface area contributed by atoms with Gasteiger partial charge in [-0.3, -0.25) is 9.67 Å². The van der Waals surface area contributed by atoms with Gasteiger partial charge in [0.2, 0.25) is 0 Å². The van der Waals surface area contributed by atoms with Crippen molar-refractivity contribution in [2.45, 2.75) is 19.9 Å². The number of hydrogen-bond donors (Lipinski definition) is 2. The topological polar surface area (TPSA) is 54.2 Å². The second kappa shape index (κ2) is 4.82. The van der Waals surface area contributed by atoms with E-state index in [9.17, 15) is 0 Å². The number of aliphatic imine (C=N–C) groups is 1. The highest BCUT2D eigenvalue weighted by atomic mass is 15.3. The molecule has 1 aliphatic rings. The van der Waals surface area contributed by atoms with Crippen LogP contribution in [0, 0.1) is 6.92 Å². The molecule has 0 aromatic carbocycles. The minimum absolute atomic E-state index is 0.854. The minimum Gasteiger partial charge on any atom is -0.356 e. The Kier molecular flexibility index (Phi) is 3.22. The number of nitrogens with zero attached hydrogens (tertiary/aromatic N) is 3. The highest BCUT2D eigenvalue weighted by Gasteiger charge is 2.02. The van der Waals surface area contributed by atoms with Crippen LogP contribution < -0.4 is 10.6 Å². The summed E-state index contributed by atoms with van der Waals surface area (Å²) in [6.07, 6.45) is 5.04. The fourth-order valence-electron chi connectivity index (χ4n) is 1.53. The van der Waals surface area contributed by atoms with Gasteiger partial charge in [-0.15, -0.1) is 0 Å². The van der Waals surface area contributed by atoms with Crippen molar-refractivity contribution in [1.29, 1.82) is 0 Å². The molecule has 2 N–H and O–H groups in total. The Morgan fingerprint density at radius 2 is 2.53 bits per heavy atom. The van der Waals surface area contributed by atoms with Crippen molar-refractivity contribution >= 4 is 5.96 Å². The Labute approximate surface area is 89.6 Å². The molecule has 2 rings (SSSR count). The van der Waals surface area contributed by atoms with Gasteiger partial charge >= 0.3 is 0 Å². The summed E-state index contributed by atoms with van der Waals surface area (Å²) in [6, 6.07) is 0. The fraction of sp³-hybridized carbons (Fsp3) is 0.600. The van der Waals surface area contributed by atoms with Gasteiger partial charge in [0, 0.05) is 25.8 Å². The van der Waals surface area contributed by atoms with E-state index in [1.54, 1.807) is 0 Å². The highest BCUT2D eigenvalue weighted by Crippen LogP contribution is 1.93. The smallest absolute Gasteiger partial charge is 0.191 e. The SMILES string of the molecule is Cc1cnn(CCNC2=NCCCN2)c1. The van der Waals surface area contributed by atoms with Crippen molar-refractivity contribution in [3.8, 4) is 0 Å². The molecule has 0 radical (unpaired) electrons. The molecule has 0 saturated heterocycles. The van der Waals surface area contributed by atoms with Crippen molar-refractivity contribution < 1.29 is 0 Å². The van der Waals surface area contributed by atoms with Gasteiger partial charge in [-0.1, -0.05) is 0 Å². The van der Waals surface area contributed by atoms with Crippen molar-refractivity contribution in [3.05, 3.63) is 18.0 Å². The Morgan fingerprint density at radius 1 is 1.60 bits per heavy atom. The second-order valence-corrected chi connectivity index (χ2v) is 3.72.